The summed E-state index contributed by atoms with van der Waals surface area (Å²) < 4.78 is 2.22. The molecule has 0 aliphatic rings. The first kappa shape index (κ1) is 26.0. The highest BCUT2D eigenvalue weighted by atomic mass is 14.9. The van der Waals surface area contributed by atoms with E-state index in [1.165, 1.54) is 11.1 Å². The third kappa shape index (κ3) is 4.39. The third-order valence-electron chi connectivity index (χ3n) is 7.70. The molecule has 4 nitrogen and oxygen atoms in total. The summed E-state index contributed by atoms with van der Waals surface area (Å²) >= 11 is 0. The van der Waals surface area contributed by atoms with E-state index < -0.39 is 0 Å². The Balaban J connectivity index is 1.76. The Hall–Kier alpha value is -4.67. The molecule has 5 aromatic rings. The average molecular weight is 509 g/mol. The van der Waals surface area contributed by atoms with Crippen molar-refractivity contribution < 1.29 is 0 Å². The SMILES string of the molecule is [C-]#[N+]c1c(C(C)C)cc(C(C)C)c(C)c1-c1cc2c(-c3cccc(-c4ncccc4C#N)c3)cccc2n1C. The van der Waals surface area contributed by atoms with E-state index in [0.29, 0.717) is 17.2 Å². The van der Waals surface area contributed by atoms with Crippen molar-refractivity contribution in [2.45, 2.75) is 46.5 Å². The van der Waals surface area contributed by atoms with Crippen LogP contribution in [0.2, 0.25) is 0 Å². The minimum Gasteiger partial charge on any atom is -0.345 e. The van der Waals surface area contributed by atoms with Gasteiger partial charge in [-0.15, -0.1) is 0 Å². The van der Waals surface area contributed by atoms with E-state index >= 15 is 0 Å². The minimum atomic E-state index is 0.254. The monoisotopic (exact) mass is 508 g/mol. The fourth-order valence-corrected chi connectivity index (χ4v) is 5.70. The quantitative estimate of drug-likeness (QED) is 0.222. The zero-order chi connectivity index (χ0) is 27.8. The molecule has 2 aromatic heterocycles. The maximum Gasteiger partial charge on any atom is 0.200 e. The maximum atomic E-state index is 9.61. The first-order chi connectivity index (χ1) is 18.8. The van der Waals surface area contributed by atoms with Crippen molar-refractivity contribution >= 4 is 16.6 Å². The molecular weight excluding hydrogens is 476 g/mol. The summed E-state index contributed by atoms with van der Waals surface area (Å²) in [5, 5.41) is 10.7. The van der Waals surface area contributed by atoms with E-state index in [0.717, 1.165) is 50.1 Å². The standard InChI is InChI=1S/C35H32N4/c1-21(2)28-18-29(22(3)4)35(37-6)33(23(28)5)32-19-30-27(14-9-15-31(30)39(32)7)24-11-8-12-25(17-24)34-26(20-36)13-10-16-38-34/h8-19,21-22H,1-5,7H3. The molecule has 0 aliphatic heterocycles. The first-order valence-electron chi connectivity index (χ1n) is 13.4. The maximum absolute atomic E-state index is 9.61. The van der Waals surface area contributed by atoms with Crippen LogP contribution in [0.3, 0.4) is 0 Å². The molecule has 0 fully saturated rings. The van der Waals surface area contributed by atoms with Crippen molar-refractivity contribution in [1.29, 1.82) is 5.26 Å². The molecule has 0 bridgehead atoms. The van der Waals surface area contributed by atoms with Crippen LogP contribution in [-0.4, -0.2) is 9.55 Å². The van der Waals surface area contributed by atoms with Crippen LogP contribution in [0.25, 0.3) is 49.4 Å². The predicted octanol–water partition coefficient (Wildman–Crippen LogP) is 9.55. The van der Waals surface area contributed by atoms with E-state index in [-0.39, 0.29) is 5.92 Å². The summed E-state index contributed by atoms with van der Waals surface area (Å²) in [5.74, 6) is 0.614. The van der Waals surface area contributed by atoms with Gasteiger partial charge in [0, 0.05) is 41.0 Å². The van der Waals surface area contributed by atoms with Crippen LogP contribution in [0.4, 0.5) is 5.69 Å². The number of benzene rings is 3. The van der Waals surface area contributed by atoms with Gasteiger partial charge < -0.3 is 4.57 Å². The van der Waals surface area contributed by atoms with E-state index in [4.69, 9.17) is 6.57 Å². The van der Waals surface area contributed by atoms with Gasteiger partial charge in [0.1, 0.15) is 6.07 Å². The summed E-state index contributed by atoms with van der Waals surface area (Å²) in [7, 11) is 2.09. The second-order valence-electron chi connectivity index (χ2n) is 10.7. The van der Waals surface area contributed by atoms with Crippen LogP contribution in [0.5, 0.6) is 0 Å². The molecule has 3 aromatic carbocycles. The number of fused-ring (bicyclic) bond motifs is 1. The molecule has 0 atom stereocenters. The zero-order valence-corrected chi connectivity index (χ0v) is 23.4. The molecule has 0 amide bonds. The fourth-order valence-electron chi connectivity index (χ4n) is 5.70. The lowest BCUT2D eigenvalue weighted by Crippen LogP contribution is -2.02. The highest BCUT2D eigenvalue weighted by Crippen LogP contribution is 2.45. The van der Waals surface area contributed by atoms with Gasteiger partial charge in [0.25, 0.3) is 0 Å². The fraction of sp³-hybridized carbons (Fsp3) is 0.229. The first-order valence-corrected chi connectivity index (χ1v) is 13.4. The van der Waals surface area contributed by atoms with Gasteiger partial charge in [-0.2, -0.15) is 5.26 Å². The highest BCUT2D eigenvalue weighted by molar-refractivity contribution is 6.01. The second kappa shape index (κ2) is 10.2. The molecular formula is C35H32N4. The van der Waals surface area contributed by atoms with Gasteiger partial charge in [0.15, 0.2) is 5.69 Å². The largest absolute Gasteiger partial charge is 0.345 e. The minimum absolute atomic E-state index is 0.254. The zero-order valence-electron chi connectivity index (χ0n) is 23.4. The van der Waals surface area contributed by atoms with E-state index in [1.54, 1.807) is 18.3 Å². The molecule has 39 heavy (non-hydrogen) atoms. The molecule has 0 saturated carbocycles. The van der Waals surface area contributed by atoms with Crippen LogP contribution in [-0.2, 0) is 7.05 Å². The lowest BCUT2D eigenvalue weighted by molar-refractivity contribution is 0.829. The summed E-state index contributed by atoms with van der Waals surface area (Å²) in [5.41, 5.74) is 11.9. The van der Waals surface area contributed by atoms with Crippen LogP contribution in [0, 0.1) is 24.8 Å². The third-order valence-corrected chi connectivity index (χ3v) is 7.70. The Bertz CT molecular complexity index is 1810. The molecule has 0 saturated heterocycles. The molecule has 0 unspecified atom stereocenters. The van der Waals surface area contributed by atoms with Gasteiger partial charge in [0.05, 0.1) is 17.8 Å². The van der Waals surface area contributed by atoms with Gasteiger partial charge in [0.2, 0.25) is 0 Å². The normalized spacial score (nSPS) is 11.2. The number of aryl methyl sites for hydroxylation is 1. The lowest BCUT2D eigenvalue weighted by Gasteiger charge is -2.21. The van der Waals surface area contributed by atoms with E-state index in [2.05, 4.69) is 105 Å². The molecule has 0 aliphatic carbocycles. The number of hydrogen-bond donors (Lipinski definition) is 0. The smallest absolute Gasteiger partial charge is 0.200 e. The molecule has 2 heterocycles. The van der Waals surface area contributed by atoms with Crippen LogP contribution >= 0.6 is 0 Å². The Morgan fingerprint density at radius 3 is 2.31 bits per heavy atom. The van der Waals surface area contributed by atoms with Gasteiger partial charge in [-0.05, 0) is 76.9 Å². The average Bonchev–Trinajstić information content (AvgIpc) is 3.28. The summed E-state index contributed by atoms with van der Waals surface area (Å²) in [6.45, 7) is 19.1. The molecule has 0 radical (unpaired) electrons. The van der Waals surface area contributed by atoms with Gasteiger partial charge in [-0.25, -0.2) is 4.85 Å². The van der Waals surface area contributed by atoms with Crippen molar-refractivity contribution in [3.05, 3.63) is 107 Å². The number of nitrogens with zero attached hydrogens (tertiary/aromatic N) is 4. The Morgan fingerprint density at radius 2 is 1.62 bits per heavy atom. The summed E-state index contributed by atoms with van der Waals surface area (Å²) in [4.78, 5) is 8.58. The van der Waals surface area contributed by atoms with Crippen molar-refractivity contribution in [1.82, 2.24) is 9.55 Å². The molecule has 192 valence electrons. The van der Waals surface area contributed by atoms with Crippen LogP contribution < -0.4 is 0 Å². The highest BCUT2D eigenvalue weighted by Gasteiger charge is 2.23. The number of hydrogen-bond acceptors (Lipinski definition) is 2. The number of aromatic nitrogens is 2. The van der Waals surface area contributed by atoms with Gasteiger partial charge in [-0.1, -0.05) is 64.1 Å². The topological polar surface area (TPSA) is 46.0 Å². The molecule has 5 rings (SSSR count). The number of rotatable bonds is 5. The predicted molar refractivity (Wildman–Crippen MR) is 161 cm³/mol. The van der Waals surface area contributed by atoms with Crippen molar-refractivity contribution in [2.24, 2.45) is 7.05 Å². The van der Waals surface area contributed by atoms with Crippen molar-refractivity contribution in [3.63, 3.8) is 0 Å². The van der Waals surface area contributed by atoms with Crippen molar-refractivity contribution in [2.75, 3.05) is 0 Å². The van der Waals surface area contributed by atoms with Gasteiger partial charge >= 0.3 is 0 Å². The molecule has 0 spiro atoms. The summed E-state index contributed by atoms with van der Waals surface area (Å²) in [6.07, 6.45) is 1.72. The number of pyridine rings is 1. The lowest BCUT2D eigenvalue weighted by atomic mass is 9.86. The van der Waals surface area contributed by atoms with Gasteiger partial charge in [-0.3, -0.25) is 4.98 Å². The molecule has 0 N–H and O–H groups in total. The Morgan fingerprint density at radius 1 is 0.897 bits per heavy atom. The summed E-state index contributed by atoms with van der Waals surface area (Å²) in [6, 6.07) is 24.9. The number of nitriles is 1. The van der Waals surface area contributed by atoms with E-state index in [9.17, 15) is 5.26 Å². The second-order valence-corrected chi connectivity index (χ2v) is 10.7. The Labute approximate surface area is 231 Å². The Kier molecular flexibility index (Phi) is 6.81. The van der Waals surface area contributed by atoms with Crippen LogP contribution in [0.1, 0.15) is 61.8 Å². The molecule has 4 heteroatoms. The van der Waals surface area contributed by atoms with E-state index in [1.807, 2.05) is 12.1 Å². The van der Waals surface area contributed by atoms with Crippen molar-refractivity contribution in [3.8, 4) is 39.7 Å². The van der Waals surface area contributed by atoms with Crippen LogP contribution in [0.15, 0.2) is 72.9 Å².